The van der Waals surface area contributed by atoms with E-state index in [1.807, 2.05) is 13.8 Å². The zero-order valence-electron chi connectivity index (χ0n) is 9.75. The highest BCUT2D eigenvalue weighted by Crippen LogP contribution is 2.30. The summed E-state index contributed by atoms with van der Waals surface area (Å²) in [5, 5.41) is 0. The Morgan fingerprint density at radius 2 is 2.12 bits per heavy atom. The largest absolute Gasteiger partial charge is 0.490 e. The van der Waals surface area contributed by atoms with Crippen molar-refractivity contribution in [2.45, 2.75) is 20.3 Å². The number of carbonyl (C=O) groups excluding carboxylic acids is 1. The Kier molecular flexibility index (Phi) is 5.58. The van der Waals surface area contributed by atoms with E-state index in [2.05, 4.69) is 27.8 Å². The summed E-state index contributed by atoms with van der Waals surface area (Å²) in [5.74, 6) is 5.37. The standard InChI is InChI=1S/C13H13BrO3/c1-3-5-6-13(15)17-11-8-7-10(14)9-12(11)16-4-2/h7-9H,3-4H2,1-2H3. The highest BCUT2D eigenvalue weighted by molar-refractivity contribution is 9.10. The summed E-state index contributed by atoms with van der Waals surface area (Å²) in [4.78, 5) is 11.3. The van der Waals surface area contributed by atoms with E-state index in [9.17, 15) is 4.79 Å². The molecule has 0 spiro atoms. The predicted octanol–water partition coefficient (Wildman–Crippen LogP) is 3.17. The quantitative estimate of drug-likeness (QED) is 0.372. The summed E-state index contributed by atoms with van der Waals surface area (Å²) < 4.78 is 11.3. The van der Waals surface area contributed by atoms with Gasteiger partial charge in [-0.15, -0.1) is 0 Å². The first kappa shape index (κ1) is 13.6. The second kappa shape index (κ2) is 6.97. The molecule has 0 aliphatic carbocycles. The molecule has 4 heteroatoms. The molecule has 0 saturated carbocycles. The molecule has 0 aromatic heterocycles. The molecule has 0 heterocycles. The monoisotopic (exact) mass is 296 g/mol. The lowest BCUT2D eigenvalue weighted by atomic mass is 10.3. The van der Waals surface area contributed by atoms with E-state index in [1.54, 1.807) is 18.2 Å². The van der Waals surface area contributed by atoms with Crippen LogP contribution in [-0.4, -0.2) is 12.6 Å². The molecule has 1 aromatic rings. The molecule has 0 radical (unpaired) electrons. The first-order valence-corrected chi connectivity index (χ1v) is 6.09. The Bertz CT molecular complexity index is 457. The Labute approximate surface area is 109 Å². The molecule has 0 amide bonds. The summed E-state index contributed by atoms with van der Waals surface area (Å²) in [7, 11) is 0. The van der Waals surface area contributed by atoms with Gasteiger partial charge in [-0.1, -0.05) is 28.8 Å². The maximum absolute atomic E-state index is 11.3. The van der Waals surface area contributed by atoms with Gasteiger partial charge in [0.2, 0.25) is 0 Å². The number of halogens is 1. The van der Waals surface area contributed by atoms with Crippen molar-refractivity contribution in [3.63, 3.8) is 0 Å². The molecule has 1 aromatic carbocycles. The fourth-order valence-corrected chi connectivity index (χ4v) is 1.46. The van der Waals surface area contributed by atoms with Crippen molar-refractivity contribution < 1.29 is 14.3 Å². The molecule has 17 heavy (non-hydrogen) atoms. The lowest BCUT2D eigenvalue weighted by molar-refractivity contribution is -0.128. The van der Waals surface area contributed by atoms with E-state index in [4.69, 9.17) is 9.47 Å². The number of esters is 1. The van der Waals surface area contributed by atoms with Gasteiger partial charge < -0.3 is 9.47 Å². The number of ether oxygens (including phenoxy) is 2. The van der Waals surface area contributed by atoms with Gasteiger partial charge in [0.1, 0.15) is 0 Å². The third-order valence-electron chi connectivity index (χ3n) is 1.78. The predicted molar refractivity (Wildman–Crippen MR) is 69.0 cm³/mol. The molecule has 0 aliphatic heterocycles. The fraction of sp³-hybridized carbons (Fsp3) is 0.308. The number of hydrogen-bond acceptors (Lipinski definition) is 3. The summed E-state index contributed by atoms with van der Waals surface area (Å²) in [6.45, 7) is 4.23. The SMILES string of the molecule is CCC#CC(=O)Oc1ccc(Br)cc1OCC. The minimum absolute atomic E-state index is 0.380. The molecule has 0 atom stereocenters. The first-order valence-electron chi connectivity index (χ1n) is 5.30. The first-order chi connectivity index (χ1) is 8.17. The van der Waals surface area contributed by atoms with E-state index >= 15 is 0 Å². The molecule has 0 N–H and O–H groups in total. The third-order valence-corrected chi connectivity index (χ3v) is 2.27. The minimum atomic E-state index is -0.574. The van der Waals surface area contributed by atoms with Crippen LogP contribution in [0.4, 0.5) is 0 Å². The summed E-state index contributed by atoms with van der Waals surface area (Å²) in [5.41, 5.74) is 0. The van der Waals surface area contributed by atoms with Crippen LogP contribution >= 0.6 is 15.9 Å². The van der Waals surface area contributed by atoms with Gasteiger partial charge in [-0.3, -0.25) is 0 Å². The zero-order chi connectivity index (χ0) is 12.7. The van der Waals surface area contributed by atoms with E-state index in [0.29, 0.717) is 24.5 Å². The van der Waals surface area contributed by atoms with Gasteiger partial charge in [0, 0.05) is 16.8 Å². The van der Waals surface area contributed by atoms with E-state index < -0.39 is 5.97 Å². The molecule has 0 bridgehead atoms. The number of benzene rings is 1. The second-order valence-electron chi connectivity index (χ2n) is 3.07. The van der Waals surface area contributed by atoms with Crippen molar-refractivity contribution in [3.8, 4) is 23.3 Å². The summed E-state index contributed by atoms with van der Waals surface area (Å²) in [6.07, 6.45) is 0.619. The molecule has 3 nitrogen and oxygen atoms in total. The van der Waals surface area contributed by atoms with Gasteiger partial charge in [-0.2, -0.15) is 0 Å². The molecule has 0 fully saturated rings. The highest BCUT2D eigenvalue weighted by atomic mass is 79.9. The van der Waals surface area contributed by atoms with Crippen LogP contribution in [0.5, 0.6) is 11.5 Å². The molecular formula is C13H13BrO3. The maximum Gasteiger partial charge on any atom is 0.389 e. The smallest absolute Gasteiger partial charge is 0.389 e. The molecule has 0 saturated heterocycles. The second-order valence-corrected chi connectivity index (χ2v) is 3.98. The van der Waals surface area contributed by atoms with Gasteiger partial charge in [-0.25, -0.2) is 4.79 Å². The van der Waals surface area contributed by atoms with E-state index in [0.717, 1.165) is 4.47 Å². The number of carbonyl (C=O) groups is 1. The van der Waals surface area contributed by atoms with Gasteiger partial charge in [-0.05, 0) is 25.1 Å². The van der Waals surface area contributed by atoms with Crippen LogP contribution in [0.2, 0.25) is 0 Å². The van der Waals surface area contributed by atoms with Crippen LogP contribution in [0.25, 0.3) is 0 Å². The van der Waals surface area contributed by atoms with Crippen LogP contribution in [0.1, 0.15) is 20.3 Å². The highest BCUT2D eigenvalue weighted by Gasteiger charge is 2.08. The normalized spacial score (nSPS) is 9.12. The Hall–Kier alpha value is -1.47. The Morgan fingerprint density at radius 1 is 1.35 bits per heavy atom. The van der Waals surface area contributed by atoms with Crippen molar-refractivity contribution in [2.24, 2.45) is 0 Å². The van der Waals surface area contributed by atoms with Crippen LogP contribution < -0.4 is 9.47 Å². The molecule has 0 aliphatic rings. The van der Waals surface area contributed by atoms with Crippen LogP contribution in [-0.2, 0) is 4.79 Å². The van der Waals surface area contributed by atoms with Crippen LogP contribution in [0, 0.1) is 11.8 Å². The maximum atomic E-state index is 11.3. The van der Waals surface area contributed by atoms with Crippen LogP contribution in [0.3, 0.4) is 0 Å². The average molecular weight is 297 g/mol. The zero-order valence-corrected chi connectivity index (χ0v) is 11.3. The summed E-state index contributed by atoms with van der Waals surface area (Å²) in [6, 6.07) is 5.19. The molecule has 0 unspecified atom stereocenters. The molecule has 1 rings (SSSR count). The minimum Gasteiger partial charge on any atom is -0.490 e. The molecule has 90 valence electrons. The van der Waals surface area contributed by atoms with Gasteiger partial charge in [0.05, 0.1) is 6.61 Å². The summed E-state index contributed by atoms with van der Waals surface area (Å²) >= 11 is 3.33. The van der Waals surface area contributed by atoms with Crippen LogP contribution in [0.15, 0.2) is 22.7 Å². The average Bonchev–Trinajstić information content (AvgIpc) is 2.30. The van der Waals surface area contributed by atoms with Crippen molar-refractivity contribution >= 4 is 21.9 Å². The lowest BCUT2D eigenvalue weighted by Gasteiger charge is -2.09. The van der Waals surface area contributed by atoms with E-state index in [-0.39, 0.29) is 0 Å². The van der Waals surface area contributed by atoms with Gasteiger partial charge >= 0.3 is 5.97 Å². The topological polar surface area (TPSA) is 35.5 Å². The van der Waals surface area contributed by atoms with Crippen molar-refractivity contribution in [3.05, 3.63) is 22.7 Å². The van der Waals surface area contributed by atoms with E-state index in [1.165, 1.54) is 0 Å². The number of rotatable bonds is 3. The van der Waals surface area contributed by atoms with Gasteiger partial charge in [0.25, 0.3) is 0 Å². The third kappa shape index (κ3) is 4.49. The van der Waals surface area contributed by atoms with Gasteiger partial charge in [0.15, 0.2) is 11.5 Å². The van der Waals surface area contributed by atoms with Crippen molar-refractivity contribution in [1.29, 1.82) is 0 Å². The Morgan fingerprint density at radius 3 is 2.76 bits per heavy atom. The fourth-order valence-electron chi connectivity index (χ4n) is 1.12. The number of hydrogen-bond donors (Lipinski definition) is 0. The molecular weight excluding hydrogens is 284 g/mol. The van der Waals surface area contributed by atoms with Crippen molar-refractivity contribution in [2.75, 3.05) is 6.61 Å². The lowest BCUT2D eigenvalue weighted by Crippen LogP contribution is -2.06. The van der Waals surface area contributed by atoms with Crippen molar-refractivity contribution in [1.82, 2.24) is 0 Å². The Balaban J connectivity index is 2.86.